The van der Waals surface area contributed by atoms with E-state index in [1.165, 1.54) is 0 Å². The summed E-state index contributed by atoms with van der Waals surface area (Å²) in [4.78, 5) is 11.3. The summed E-state index contributed by atoms with van der Waals surface area (Å²) in [7, 11) is 0. The third kappa shape index (κ3) is 1.99. The number of H-pyrrole nitrogens is 1. The molecule has 3 rings (SSSR count). The van der Waals surface area contributed by atoms with Crippen LogP contribution in [-0.2, 0) is 0 Å². The van der Waals surface area contributed by atoms with Gasteiger partial charge >= 0.3 is 5.97 Å². The average molecular weight is 267 g/mol. The predicted molar refractivity (Wildman–Crippen MR) is 77.5 cm³/mol. The lowest BCUT2D eigenvalue weighted by Gasteiger charge is -2.08. The smallest absolute Gasteiger partial charge is 0.341 e. The zero-order chi connectivity index (χ0) is 14.1. The maximum absolute atomic E-state index is 11.3. The summed E-state index contributed by atoms with van der Waals surface area (Å²) in [6.07, 6.45) is 0. The molecule has 0 amide bonds. The van der Waals surface area contributed by atoms with Gasteiger partial charge in [0.1, 0.15) is 5.56 Å². The zero-order valence-electron chi connectivity index (χ0n) is 10.8. The highest BCUT2D eigenvalue weighted by molar-refractivity contribution is 5.99. The second-order valence-corrected chi connectivity index (χ2v) is 4.53. The van der Waals surface area contributed by atoms with Crippen molar-refractivity contribution in [2.45, 2.75) is 6.92 Å². The number of aromatic carboxylic acids is 1. The molecule has 0 aliphatic rings. The van der Waals surface area contributed by atoms with E-state index in [9.17, 15) is 9.90 Å². The summed E-state index contributed by atoms with van der Waals surface area (Å²) in [5.41, 5.74) is 1.52. The molecule has 0 atom stereocenters. The van der Waals surface area contributed by atoms with Crippen LogP contribution in [0.4, 0.5) is 11.5 Å². The van der Waals surface area contributed by atoms with E-state index in [2.05, 4.69) is 15.5 Å². The second kappa shape index (κ2) is 4.70. The molecule has 1 aromatic heterocycles. The van der Waals surface area contributed by atoms with E-state index >= 15 is 0 Å². The summed E-state index contributed by atoms with van der Waals surface area (Å²) in [6, 6.07) is 13.7. The summed E-state index contributed by atoms with van der Waals surface area (Å²) in [5.74, 6) is -0.676. The summed E-state index contributed by atoms with van der Waals surface area (Å²) < 4.78 is 0. The number of benzene rings is 2. The molecule has 0 saturated carbocycles. The molecule has 100 valence electrons. The van der Waals surface area contributed by atoms with Crippen molar-refractivity contribution in [3.8, 4) is 0 Å². The van der Waals surface area contributed by atoms with Gasteiger partial charge in [-0.1, -0.05) is 36.4 Å². The molecule has 1 heterocycles. The molecular weight excluding hydrogens is 254 g/mol. The van der Waals surface area contributed by atoms with Gasteiger partial charge in [0, 0.05) is 16.8 Å². The van der Waals surface area contributed by atoms with Crippen molar-refractivity contribution in [2.24, 2.45) is 0 Å². The SMILES string of the molecule is Cc1[nH]nc(Nc2cccc3ccccc23)c1C(=O)O. The fourth-order valence-corrected chi connectivity index (χ4v) is 2.24. The van der Waals surface area contributed by atoms with Gasteiger partial charge in [-0.15, -0.1) is 0 Å². The Hall–Kier alpha value is -2.82. The number of aromatic amines is 1. The van der Waals surface area contributed by atoms with Crippen molar-refractivity contribution in [3.63, 3.8) is 0 Å². The maximum Gasteiger partial charge on any atom is 0.341 e. The fraction of sp³-hybridized carbons (Fsp3) is 0.0667. The van der Waals surface area contributed by atoms with E-state index in [4.69, 9.17) is 0 Å². The molecule has 0 aliphatic carbocycles. The summed E-state index contributed by atoms with van der Waals surface area (Å²) in [6.45, 7) is 1.69. The zero-order valence-corrected chi connectivity index (χ0v) is 10.8. The van der Waals surface area contributed by atoms with Crippen LogP contribution in [-0.4, -0.2) is 21.3 Å². The van der Waals surface area contributed by atoms with Gasteiger partial charge < -0.3 is 10.4 Å². The van der Waals surface area contributed by atoms with Crippen LogP contribution in [0.15, 0.2) is 42.5 Å². The van der Waals surface area contributed by atoms with Crippen LogP contribution < -0.4 is 5.32 Å². The number of aromatic nitrogens is 2. The normalized spacial score (nSPS) is 10.7. The number of nitrogens with one attached hydrogen (secondary N) is 2. The van der Waals surface area contributed by atoms with Gasteiger partial charge in [-0.25, -0.2) is 4.79 Å². The first-order valence-electron chi connectivity index (χ1n) is 6.20. The van der Waals surface area contributed by atoms with Gasteiger partial charge in [-0.3, -0.25) is 5.10 Å². The van der Waals surface area contributed by atoms with Gasteiger partial charge in [0.2, 0.25) is 0 Å². The number of carboxylic acids is 1. The van der Waals surface area contributed by atoms with E-state index in [1.54, 1.807) is 6.92 Å². The van der Waals surface area contributed by atoms with Crippen LogP contribution in [0.1, 0.15) is 16.1 Å². The standard InChI is InChI=1S/C15H13N3O2/c1-9-13(15(19)20)14(18-17-9)16-12-8-4-6-10-5-2-3-7-11(10)12/h2-8H,1H3,(H,19,20)(H2,16,17,18). The number of hydrogen-bond acceptors (Lipinski definition) is 3. The monoisotopic (exact) mass is 267 g/mol. The Balaban J connectivity index is 2.08. The quantitative estimate of drug-likeness (QED) is 0.680. The van der Waals surface area contributed by atoms with Crippen molar-refractivity contribution in [2.75, 3.05) is 5.32 Å². The number of fused-ring (bicyclic) bond motifs is 1. The molecule has 0 bridgehead atoms. The van der Waals surface area contributed by atoms with E-state index < -0.39 is 5.97 Å². The lowest BCUT2D eigenvalue weighted by atomic mass is 10.1. The Morgan fingerprint density at radius 1 is 1.20 bits per heavy atom. The summed E-state index contributed by atoms with van der Waals surface area (Å²) >= 11 is 0. The van der Waals surface area contributed by atoms with Gasteiger partial charge in [0.05, 0.1) is 0 Å². The number of aryl methyl sites for hydroxylation is 1. The Morgan fingerprint density at radius 2 is 1.95 bits per heavy atom. The molecule has 5 heteroatoms. The van der Waals surface area contributed by atoms with Gasteiger partial charge in [0.25, 0.3) is 0 Å². The van der Waals surface area contributed by atoms with E-state index in [0.717, 1.165) is 16.5 Å². The molecule has 0 saturated heterocycles. The van der Waals surface area contributed by atoms with E-state index in [1.807, 2.05) is 42.5 Å². The Kier molecular flexibility index (Phi) is 2.87. The molecule has 3 aromatic rings. The number of anilines is 2. The predicted octanol–water partition coefficient (Wildman–Crippen LogP) is 3.31. The van der Waals surface area contributed by atoms with Crippen LogP contribution in [0.25, 0.3) is 10.8 Å². The number of rotatable bonds is 3. The van der Waals surface area contributed by atoms with Crippen LogP contribution in [0.5, 0.6) is 0 Å². The van der Waals surface area contributed by atoms with Crippen LogP contribution >= 0.6 is 0 Å². The molecule has 5 nitrogen and oxygen atoms in total. The largest absolute Gasteiger partial charge is 0.477 e. The van der Waals surface area contributed by atoms with Crippen molar-refractivity contribution in [1.29, 1.82) is 0 Å². The maximum atomic E-state index is 11.3. The van der Waals surface area contributed by atoms with Crippen molar-refractivity contribution in [3.05, 3.63) is 53.7 Å². The van der Waals surface area contributed by atoms with Crippen molar-refractivity contribution in [1.82, 2.24) is 10.2 Å². The van der Waals surface area contributed by atoms with E-state index in [-0.39, 0.29) is 5.56 Å². The highest BCUT2D eigenvalue weighted by Gasteiger charge is 2.17. The molecule has 0 unspecified atom stereocenters. The molecular formula is C15H13N3O2. The van der Waals surface area contributed by atoms with Crippen LogP contribution in [0.2, 0.25) is 0 Å². The number of hydrogen-bond donors (Lipinski definition) is 3. The fourth-order valence-electron chi connectivity index (χ4n) is 2.24. The topological polar surface area (TPSA) is 78.0 Å². The van der Waals surface area contributed by atoms with E-state index in [0.29, 0.717) is 11.5 Å². The molecule has 2 aromatic carbocycles. The lowest BCUT2D eigenvalue weighted by molar-refractivity contribution is 0.0697. The number of carboxylic acid groups (broad SMARTS) is 1. The molecule has 3 N–H and O–H groups in total. The third-order valence-electron chi connectivity index (χ3n) is 3.20. The first kappa shape index (κ1) is 12.2. The minimum absolute atomic E-state index is 0.165. The molecule has 0 aliphatic heterocycles. The van der Waals surface area contributed by atoms with Crippen LogP contribution in [0.3, 0.4) is 0 Å². The lowest BCUT2D eigenvalue weighted by Crippen LogP contribution is -2.02. The van der Waals surface area contributed by atoms with Gasteiger partial charge in [-0.05, 0) is 18.4 Å². The highest BCUT2D eigenvalue weighted by Crippen LogP contribution is 2.27. The molecule has 0 radical (unpaired) electrons. The Labute approximate surface area is 115 Å². The molecule has 0 fully saturated rings. The number of nitrogens with zero attached hydrogens (tertiary/aromatic N) is 1. The van der Waals surface area contributed by atoms with Gasteiger partial charge in [-0.2, -0.15) is 5.10 Å². The highest BCUT2D eigenvalue weighted by atomic mass is 16.4. The first-order valence-corrected chi connectivity index (χ1v) is 6.20. The molecule has 0 spiro atoms. The Morgan fingerprint density at radius 3 is 2.75 bits per heavy atom. The third-order valence-corrected chi connectivity index (χ3v) is 3.20. The summed E-state index contributed by atoms with van der Waals surface area (Å²) in [5, 5.41) is 21.1. The van der Waals surface area contributed by atoms with Crippen molar-refractivity contribution < 1.29 is 9.90 Å². The minimum atomic E-state index is -1.00. The first-order chi connectivity index (χ1) is 9.66. The molecule has 20 heavy (non-hydrogen) atoms. The minimum Gasteiger partial charge on any atom is -0.477 e. The van der Waals surface area contributed by atoms with Crippen molar-refractivity contribution >= 4 is 28.2 Å². The Bertz CT molecular complexity index is 787. The van der Waals surface area contributed by atoms with Crippen LogP contribution in [0, 0.1) is 6.92 Å². The number of carbonyl (C=O) groups is 1. The average Bonchev–Trinajstić information content (AvgIpc) is 2.80. The van der Waals surface area contributed by atoms with Gasteiger partial charge in [0.15, 0.2) is 5.82 Å². The second-order valence-electron chi connectivity index (χ2n) is 4.53.